The predicted molar refractivity (Wildman–Crippen MR) is 99.5 cm³/mol. The fraction of sp³-hybridized carbons (Fsp3) is 0.389. The van der Waals surface area contributed by atoms with E-state index in [1.165, 1.54) is 9.18 Å². The zero-order valence-corrected chi connectivity index (χ0v) is 15.4. The molecule has 0 N–H and O–H groups in total. The maximum atomic E-state index is 13.0. The van der Waals surface area contributed by atoms with Crippen molar-refractivity contribution in [3.63, 3.8) is 0 Å². The second kappa shape index (κ2) is 6.46. The van der Waals surface area contributed by atoms with Gasteiger partial charge in [-0.15, -0.1) is 11.3 Å². The molecule has 1 aromatic heterocycles. The highest BCUT2D eigenvalue weighted by Gasteiger charge is 2.32. The van der Waals surface area contributed by atoms with E-state index in [1.54, 1.807) is 35.6 Å². The molecule has 2 aliphatic rings. The number of sulfonamides is 1. The van der Waals surface area contributed by atoms with Crippen LogP contribution in [0.1, 0.15) is 40.5 Å². The summed E-state index contributed by atoms with van der Waals surface area (Å²) in [5.74, 6) is 0.159. The van der Waals surface area contributed by atoms with Gasteiger partial charge in [0, 0.05) is 23.5 Å². The molecule has 25 heavy (non-hydrogen) atoms. The maximum Gasteiger partial charge on any atom is 0.254 e. The molecule has 0 bridgehead atoms. The third kappa shape index (κ3) is 3.06. The van der Waals surface area contributed by atoms with E-state index in [0.717, 1.165) is 19.4 Å². The first-order valence-corrected chi connectivity index (χ1v) is 11.0. The lowest BCUT2D eigenvalue weighted by atomic mass is 10.1. The number of hydrogen-bond donors (Lipinski definition) is 0. The molecule has 1 unspecified atom stereocenters. The standard InChI is InChI=1S/C18H20N2O3S2/c21-18(19-9-2-7-16(19)17-8-3-11-24-17)14-5-1-6-15(13-14)20-10-4-12-25(20,22)23/h1,3,5-6,8,11,13,16H,2,4,7,9-10,12H2. The lowest BCUT2D eigenvalue weighted by Crippen LogP contribution is -2.30. The van der Waals surface area contributed by atoms with E-state index in [1.807, 2.05) is 16.3 Å². The molecule has 0 saturated carbocycles. The van der Waals surface area contributed by atoms with Gasteiger partial charge in [-0.1, -0.05) is 12.1 Å². The Morgan fingerprint density at radius 3 is 2.72 bits per heavy atom. The Hall–Kier alpha value is -1.86. The molecule has 2 saturated heterocycles. The fourth-order valence-corrected chi connectivity index (χ4v) is 6.11. The average molecular weight is 377 g/mol. The van der Waals surface area contributed by atoms with Crippen LogP contribution in [-0.2, 0) is 10.0 Å². The number of carbonyl (C=O) groups excluding carboxylic acids is 1. The van der Waals surface area contributed by atoms with Crippen LogP contribution >= 0.6 is 11.3 Å². The van der Waals surface area contributed by atoms with Gasteiger partial charge >= 0.3 is 0 Å². The first kappa shape index (κ1) is 16.6. The van der Waals surface area contributed by atoms with Crippen LogP contribution in [0.5, 0.6) is 0 Å². The molecular formula is C18H20N2O3S2. The second-order valence-corrected chi connectivity index (χ2v) is 9.46. The molecule has 2 aromatic rings. The van der Waals surface area contributed by atoms with Gasteiger partial charge in [0.1, 0.15) is 0 Å². The normalized spacial score (nSPS) is 22.5. The third-order valence-electron chi connectivity index (χ3n) is 4.87. The van der Waals surface area contributed by atoms with E-state index in [9.17, 15) is 13.2 Å². The summed E-state index contributed by atoms with van der Waals surface area (Å²) in [7, 11) is -3.24. The minimum atomic E-state index is -3.24. The van der Waals surface area contributed by atoms with Crippen molar-refractivity contribution in [2.24, 2.45) is 0 Å². The SMILES string of the molecule is O=C(c1cccc(N2CCCS2(=O)=O)c1)N1CCCC1c1cccs1. The zero-order valence-electron chi connectivity index (χ0n) is 13.8. The van der Waals surface area contributed by atoms with Crippen molar-refractivity contribution in [1.82, 2.24) is 4.90 Å². The number of likely N-dealkylation sites (tertiary alicyclic amines) is 1. The lowest BCUT2D eigenvalue weighted by Gasteiger charge is -2.25. The van der Waals surface area contributed by atoms with Gasteiger partial charge in [0.25, 0.3) is 5.91 Å². The van der Waals surface area contributed by atoms with Gasteiger partial charge in [-0.2, -0.15) is 0 Å². The molecular weight excluding hydrogens is 356 g/mol. The first-order valence-electron chi connectivity index (χ1n) is 8.51. The highest BCUT2D eigenvalue weighted by Crippen LogP contribution is 2.36. The Balaban J connectivity index is 1.61. The first-order chi connectivity index (χ1) is 12.1. The smallest absolute Gasteiger partial charge is 0.254 e. The number of nitrogens with zero attached hydrogens (tertiary/aromatic N) is 2. The van der Waals surface area contributed by atoms with Crippen molar-refractivity contribution in [1.29, 1.82) is 0 Å². The maximum absolute atomic E-state index is 13.0. The van der Waals surface area contributed by atoms with Crippen molar-refractivity contribution in [3.05, 3.63) is 52.2 Å². The van der Waals surface area contributed by atoms with Crippen LogP contribution in [-0.4, -0.2) is 38.1 Å². The topological polar surface area (TPSA) is 57.7 Å². The van der Waals surface area contributed by atoms with Crippen molar-refractivity contribution < 1.29 is 13.2 Å². The van der Waals surface area contributed by atoms with E-state index in [4.69, 9.17) is 0 Å². The van der Waals surface area contributed by atoms with Crippen molar-refractivity contribution in [3.8, 4) is 0 Å². The highest BCUT2D eigenvalue weighted by atomic mass is 32.2. The molecule has 0 radical (unpaired) electrons. The zero-order chi connectivity index (χ0) is 17.4. The van der Waals surface area contributed by atoms with Crippen LogP contribution in [0.15, 0.2) is 41.8 Å². The highest BCUT2D eigenvalue weighted by molar-refractivity contribution is 7.93. The fourth-order valence-electron chi connectivity index (χ4n) is 3.68. The molecule has 2 fully saturated rings. The van der Waals surface area contributed by atoms with Crippen molar-refractivity contribution in [2.75, 3.05) is 23.1 Å². The second-order valence-electron chi connectivity index (χ2n) is 6.46. The van der Waals surface area contributed by atoms with Crippen LogP contribution in [0, 0.1) is 0 Å². The summed E-state index contributed by atoms with van der Waals surface area (Å²) in [4.78, 5) is 16.2. The Labute approximate surface area is 151 Å². The van der Waals surface area contributed by atoms with E-state index >= 15 is 0 Å². The third-order valence-corrected chi connectivity index (χ3v) is 7.71. The molecule has 0 spiro atoms. The van der Waals surface area contributed by atoms with Gasteiger partial charge in [0.15, 0.2) is 0 Å². The molecule has 1 aromatic carbocycles. The Morgan fingerprint density at radius 1 is 1.12 bits per heavy atom. The number of hydrogen-bond acceptors (Lipinski definition) is 4. The van der Waals surface area contributed by atoms with E-state index in [2.05, 4.69) is 6.07 Å². The summed E-state index contributed by atoms with van der Waals surface area (Å²) in [6, 6.07) is 11.3. The summed E-state index contributed by atoms with van der Waals surface area (Å²) in [6.45, 7) is 1.23. The van der Waals surface area contributed by atoms with Gasteiger partial charge in [-0.05, 0) is 48.9 Å². The average Bonchev–Trinajstić information content (AvgIpc) is 3.33. The summed E-state index contributed by atoms with van der Waals surface area (Å²) in [6.07, 6.45) is 2.61. The largest absolute Gasteiger partial charge is 0.331 e. The predicted octanol–water partition coefficient (Wildman–Crippen LogP) is 3.27. The quantitative estimate of drug-likeness (QED) is 0.826. The van der Waals surface area contributed by atoms with Gasteiger partial charge < -0.3 is 4.90 Å². The monoisotopic (exact) mass is 376 g/mol. The lowest BCUT2D eigenvalue weighted by molar-refractivity contribution is 0.0738. The minimum Gasteiger partial charge on any atom is -0.331 e. The molecule has 1 atom stereocenters. The Morgan fingerprint density at radius 2 is 2.00 bits per heavy atom. The van der Waals surface area contributed by atoms with Crippen LogP contribution in [0.25, 0.3) is 0 Å². The molecule has 2 aliphatic heterocycles. The van der Waals surface area contributed by atoms with Crippen LogP contribution in [0.4, 0.5) is 5.69 Å². The van der Waals surface area contributed by atoms with Gasteiger partial charge in [0.05, 0.1) is 17.5 Å². The summed E-state index contributed by atoms with van der Waals surface area (Å²) >= 11 is 1.68. The molecule has 0 aliphatic carbocycles. The Bertz CT molecular complexity index is 877. The van der Waals surface area contributed by atoms with Gasteiger partial charge in [-0.25, -0.2) is 8.42 Å². The molecule has 3 heterocycles. The van der Waals surface area contributed by atoms with Crippen LogP contribution in [0.2, 0.25) is 0 Å². The van der Waals surface area contributed by atoms with E-state index < -0.39 is 10.0 Å². The Kier molecular flexibility index (Phi) is 4.29. The van der Waals surface area contributed by atoms with E-state index in [0.29, 0.717) is 24.2 Å². The number of amides is 1. The number of thiophene rings is 1. The number of rotatable bonds is 3. The summed E-state index contributed by atoms with van der Waals surface area (Å²) in [5, 5.41) is 2.04. The molecule has 4 rings (SSSR count). The van der Waals surface area contributed by atoms with Crippen LogP contribution in [0.3, 0.4) is 0 Å². The van der Waals surface area contributed by atoms with Crippen molar-refractivity contribution >= 4 is 33.0 Å². The van der Waals surface area contributed by atoms with Gasteiger partial charge in [-0.3, -0.25) is 9.10 Å². The number of anilines is 1. The van der Waals surface area contributed by atoms with Crippen LogP contribution < -0.4 is 4.31 Å². The summed E-state index contributed by atoms with van der Waals surface area (Å²) in [5.41, 5.74) is 1.15. The number of benzene rings is 1. The number of carbonyl (C=O) groups is 1. The molecule has 5 nitrogen and oxygen atoms in total. The molecule has 1 amide bonds. The van der Waals surface area contributed by atoms with Gasteiger partial charge in [0.2, 0.25) is 10.0 Å². The van der Waals surface area contributed by atoms with E-state index in [-0.39, 0.29) is 17.7 Å². The molecule has 7 heteroatoms. The van der Waals surface area contributed by atoms with Crippen molar-refractivity contribution in [2.45, 2.75) is 25.3 Å². The summed E-state index contributed by atoms with van der Waals surface area (Å²) < 4.78 is 25.7. The minimum absolute atomic E-state index is 0.0191. The molecule has 132 valence electrons.